The van der Waals surface area contributed by atoms with Gasteiger partial charge in [-0.3, -0.25) is 9.59 Å². The van der Waals surface area contributed by atoms with Gasteiger partial charge in [0, 0.05) is 13.6 Å². The molecule has 1 N–H and O–H groups in total. The van der Waals surface area contributed by atoms with Gasteiger partial charge in [0.05, 0.1) is 23.8 Å². The van der Waals surface area contributed by atoms with Crippen LogP contribution in [0.15, 0.2) is 0 Å². The van der Waals surface area contributed by atoms with Gasteiger partial charge in [0.2, 0.25) is 5.91 Å². The quantitative estimate of drug-likeness (QED) is 0.822. The highest BCUT2D eigenvalue weighted by atomic mass is 16.4. The lowest BCUT2D eigenvalue weighted by Crippen LogP contribution is -2.42. The van der Waals surface area contributed by atoms with Crippen LogP contribution in [0.3, 0.4) is 0 Å². The summed E-state index contributed by atoms with van der Waals surface area (Å²) in [6, 6.07) is 2.08. The molecule has 0 bridgehead atoms. The Kier molecular flexibility index (Phi) is 5.14. The Balaban J connectivity index is 2.68. The van der Waals surface area contributed by atoms with Gasteiger partial charge in [0.15, 0.2) is 0 Å². The summed E-state index contributed by atoms with van der Waals surface area (Å²) in [5.74, 6) is -2.23. The van der Waals surface area contributed by atoms with Crippen molar-refractivity contribution in [2.24, 2.45) is 17.8 Å². The molecule has 0 aliphatic heterocycles. The normalized spacial score (nSPS) is 24.9. The minimum atomic E-state index is -0.880. The third-order valence-electron chi connectivity index (χ3n) is 3.54. The standard InChI is InChI=1S/C13H20N2O3/c1-9(7-14)8-15(2)12(16)10-5-3-4-6-11(10)13(17)18/h9-11H,3-6,8H2,1-2H3,(H,17,18)/t9?,10-,11+/m1/s1. The largest absolute Gasteiger partial charge is 0.481 e. The van der Waals surface area contributed by atoms with Crippen LogP contribution >= 0.6 is 0 Å². The molecule has 5 heteroatoms. The monoisotopic (exact) mass is 252 g/mol. The molecule has 1 aliphatic carbocycles. The van der Waals surface area contributed by atoms with Crippen LogP contribution in [-0.4, -0.2) is 35.5 Å². The molecule has 0 aromatic carbocycles. The molecular formula is C13H20N2O3. The highest BCUT2D eigenvalue weighted by Gasteiger charge is 2.37. The average Bonchev–Trinajstić information content (AvgIpc) is 2.37. The molecule has 0 spiro atoms. The van der Waals surface area contributed by atoms with Gasteiger partial charge in [0.1, 0.15) is 0 Å². The number of aliphatic carboxylic acids is 1. The van der Waals surface area contributed by atoms with Crippen molar-refractivity contribution in [3.63, 3.8) is 0 Å². The average molecular weight is 252 g/mol. The highest BCUT2D eigenvalue weighted by Crippen LogP contribution is 2.31. The van der Waals surface area contributed by atoms with Crippen LogP contribution in [0.25, 0.3) is 0 Å². The predicted molar refractivity (Wildman–Crippen MR) is 65.5 cm³/mol. The molecular weight excluding hydrogens is 232 g/mol. The maximum atomic E-state index is 12.2. The Morgan fingerprint density at radius 2 is 1.94 bits per heavy atom. The molecule has 1 unspecified atom stereocenters. The van der Waals surface area contributed by atoms with E-state index in [1.54, 1.807) is 14.0 Å². The molecule has 1 rings (SSSR count). The van der Waals surface area contributed by atoms with Crippen molar-refractivity contribution in [1.29, 1.82) is 5.26 Å². The Labute approximate surface area is 107 Å². The van der Waals surface area contributed by atoms with Crippen LogP contribution in [0.1, 0.15) is 32.6 Å². The zero-order valence-corrected chi connectivity index (χ0v) is 10.9. The number of hydrogen-bond acceptors (Lipinski definition) is 3. The van der Waals surface area contributed by atoms with Crippen LogP contribution in [0.5, 0.6) is 0 Å². The molecule has 0 radical (unpaired) electrons. The first-order chi connectivity index (χ1) is 8.47. The Morgan fingerprint density at radius 3 is 2.44 bits per heavy atom. The lowest BCUT2D eigenvalue weighted by molar-refractivity contribution is -0.151. The van der Waals surface area contributed by atoms with E-state index in [0.29, 0.717) is 19.4 Å². The summed E-state index contributed by atoms with van der Waals surface area (Å²) < 4.78 is 0. The summed E-state index contributed by atoms with van der Waals surface area (Å²) in [7, 11) is 1.64. The van der Waals surface area contributed by atoms with Crippen molar-refractivity contribution in [2.45, 2.75) is 32.6 Å². The molecule has 1 fully saturated rings. The SMILES string of the molecule is CC(C#N)CN(C)C(=O)[C@@H]1CCCC[C@@H]1C(=O)O. The van der Waals surface area contributed by atoms with E-state index >= 15 is 0 Å². The molecule has 3 atom stereocenters. The van der Waals surface area contributed by atoms with Crippen molar-refractivity contribution in [3.05, 3.63) is 0 Å². The molecule has 0 saturated heterocycles. The molecule has 1 saturated carbocycles. The van der Waals surface area contributed by atoms with Gasteiger partial charge < -0.3 is 10.0 Å². The van der Waals surface area contributed by atoms with Gasteiger partial charge in [-0.05, 0) is 19.8 Å². The van der Waals surface area contributed by atoms with Crippen LogP contribution in [0.2, 0.25) is 0 Å². The molecule has 100 valence electrons. The first-order valence-corrected chi connectivity index (χ1v) is 6.34. The summed E-state index contributed by atoms with van der Waals surface area (Å²) in [4.78, 5) is 24.9. The van der Waals surface area contributed by atoms with Crippen molar-refractivity contribution in [1.82, 2.24) is 4.90 Å². The molecule has 0 aromatic rings. The fraction of sp³-hybridized carbons (Fsp3) is 0.769. The zero-order chi connectivity index (χ0) is 13.7. The molecule has 0 heterocycles. The number of nitriles is 1. The summed E-state index contributed by atoms with van der Waals surface area (Å²) in [5.41, 5.74) is 0. The number of rotatable bonds is 4. The second-order valence-corrected chi connectivity index (χ2v) is 5.08. The maximum absolute atomic E-state index is 12.2. The van der Waals surface area contributed by atoms with Crippen molar-refractivity contribution in [3.8, 4) is 6.07 Å². The number of amides is 1. The molecule has 18 heavy (non-hydrogen) atoms. The van der Waals surface area contributed by atoms with Crippen LogP contribution in [-0.2, 0) is 9.59 Å². The topological polar surface area (TPSA) is 81.4 Å². The Bertz CT molecular complexity index is 362. The minimum Gasteiger partial charge on any atom is -0.481 e. The fourth-order valence-electron chi connectivity index (χ4n) is 2.55. The molecule has 1 amide bonds. The maximum Gasteiger partial charge on any atom is 0.307 e. The van der Waals surface area contributed by atoms with Gasteiger partial charge in [0.25, 0.3) is 0 Å². The smallest absolute Gasteiger partial charge is 0.307 e. The van der Waals surface area contributed by atoms with Crippen LogP contribution in [0.4, 0.5) is 0 Å². The van der Waals surface area contributed by atoms with Gasteiger partial charge in [-0.1, -0.05) is 12.8 Å². The molecule has 0 aromatic heterocycles. The number of carbonyl (C=O) groups is 2. The lowest BCUT2D eigenvalue weighted by Gasteiger charge is -2.31. The summed E-state index contributed by atoms with van der Waals surface area (Å²) in [6.45, 7) is 2.11. The zero-order valence-electron chi connectivity index (χ0n) is 10.9. The minimum absolute atomic E-state index is 0.135. The number of nitrogens with zero attached hydrogens (tertiary/aromatic N) is 2. The Hall–Kier alpha value is -1.57. The third kappa shape index (κ3) is 3.46. The first kappa shape index (κ1) is 14.5. The molecule has 1 aliphatic rings. The second-order valence-electron chi connectivity index (χ2n) is 5.08. The van der Waals surface area contributed by atoms with Crippen LogP contribution < -0.4 is 0 Å². The Morgan fingerprint density at radius 1 is 1.39 bits per heavy atom. The summed E-state index contributed by atoms with van der Waals surface area (Å²) >= 11 is 0. The summed E-state index contributed by atoms with van der Waals surface area (Å²) in [5, 5.41) is 17.9. The number of hydrogen-bond donors (Lipinski definition) is 1. The van der Waals surface area contributed by atoms with E-state index in [4.69, 9.17) is 10.4 Å². The van der Waals surface area contributed by atoms with E-state index in [0.717, 1.165) is 12.8 Å². The van der Waals surface area contributed by atoms with E-state index in [1.807, 2.05) is 0 Å². The molecule has 5 nitrogen and oxygen atoms in total. The van der Waals surface area contributed by atoms with E-state index < -0.39 is 17.8 Å². The lowest BCUT2D eigenvalue weighted by atomic mass is 9.78. The van der Waals surface area contributed by atoms with Crippen LogP contribution in [0, 0.1) is 29.1 Å². The van der Waals surface area contributed by atoms with E-state index in [9.17, 15) is 9.59 Å². The summed E-state index contributed by atoms with van der Waals surface area (Å²) in [6.07, 6.45) is 3.00. The number of carbonyl (C=O) groups excluding carboxylic acids is 1. The van der Waals surface area contributed by atoms with Gasteiger partial charge in [-0.25, -0.2) is 0 Å². The van der Waals surface area contributed by atoms with Gasteiger partial charge in [-0.15, -0.1) is 0 Å². The van der Waals surface area contributed by atoms with E-state index in [-0.39, 0.29) is 11.8 Å². The number of carboxylic acid groups (broad SMARTS) is 1. The fourth-order valence-corrected chi connectivity index (χ4v) is 2.55. The second kappa shape index (κ2) is 6.39. The van der Waals surface area contributed by atoms with E-state index in [2.05, 4.69) is 6.07 Å². The first-order valence-electron chi connectivity index (χ1n) is 6.34. The van der Waals surface area contributed by atoms with Gasteiger partial charge in [-0.2, -0.15) is 5.26 Å². The van der Waals surface area contributed by atoms with Crippen molar-refractivity contribution >= 4 is 11.9 Å². The third-order valence-corrected chi connectivity index (χ3v) is 3.54. The highest BCUT2D eigenvalue weighted by molar-refractivity contribution is 5.84. The predicted octanol–water partition coefficient (Wildman–Crippen LogP) is 1.50. The van der Waals surface area contributed by atoms with Gasteiger partial charge >= 0.3 is 5.97 Å². The van der Waals surface area contributed by atoms with Crippen molar-refractivity contribution in [2.75, 3.05) is 13.6 Å². The van der Waals surface area contributed by atoms with E-state index in [1.165, 1.54) is 4.90 Å². The van der Waals surface area contributed by atoms with Crippen molar-refractivity contribution < 1.29 is 14.7 Å². The number of carboxylic acids is 1.